The Labute approximate surface area is 188 Å². The summed E-state index contributed by atoms with van der Waals surface area (Å²) >= 11 is 12.0. The van der Waals surface area contributed by atoms with E-state index in [2.05, 4.69) is 5.10 Å². The quantitative estimate of drug-likeness (QED) is 0.427. The number of benzene rings is 2. The Balaban J connectivity index is 1.49. The van der Waals surface area contributed by atoms with Gasteiger partial charge in [-0.1, -0.05) is 29.3 Å². The van der Waals surface area contributed by atoms with E-state index in [9.17, 15) is 14.9 Å². The second-order valence-corrected chi connectivity index (χ2v) is 8.08. The Morgan fingerprint density at radius 1 is 1.06 bits per heavy atom. The van der Waals surface area contributed by atoms with Crippen LogP contribution in [-0.4, -0.2) is 51.7 Å². The number of nitrogens with zero attached hydrogens (tertiary/aromatic N) is 5. The van der Waals surface area contributed by atoms with E-state index in [1.807, 2.05) is 24.0 Å². The maximum absolute atomic E-state index is 13.1. The minimum Gasteiger partial charge on any atom is -0.362 e. The number of aromatic nitrogens is 2. The molecule has 0 atom stereocenters. The van der Waals surface area contributed by atoms with Crippen LogP contribution in [0.2, 0.25) is 10.0 Å². The van der Waals surface area contributed by atoms with E-state index < -0.39 is 4.92 Å². The lowest BCUT2D eigenvalue weighted by molar-refractivity contribution is -0.384. The zero-order valence-electron chi connectivity index (χ0n) is 16.7. The van der Waals surface area contributed by atoms with Gasteiger partial charge in [0.1, 0.15) is 5.69 Å². The maximum Gasteiger partial charge on any atom is 0.294 e. The first kappa shape index (κ1) is 21.1. The minimum atomic E-state index is -0.438. The molecule has 1 aliphatic rings. The fraction of sp³-hybridized carbons (Fsp3) is 0.238. The number of hydrogen-bond acceptors (Lipinski definition) is 5. The van der Waals surface area contributed by atoms with Crippen molar-refractivity contribution in [1.82, 2.24) is 14.7 Å². The van der Waals surface area contributed by atoms with Crippen molar-refractivity contribution in [2.45, 2.75) is 6.92 Å². The van der Waals surface area contributed by atoms with Crippen LogP contribution in [0.4, 0.5) is 11.4 Å². The first-order chi connectivity index (χ1) is 14.8. The van der Waals surface area contributed by atoms with Gasteiger partial charge < -0.3 is 9.80 Å². The molecule has 1 amide bonds. The molecule has 0 saturated carbocycles. The molecule has 8 nitrogen and oxygen atoms in total. The van der Waals surface area contributed by atoms with Gasteiger partial charge in [-0.15, -0.1) is 0 Å². The maximum atomic E-state index is 13.1. The Bertz CT molecular complexity index is 1160. The number of piperazine rings is 1. The fourth-order valence-electron chi connectivity index (χ4n) is 3.72. The van der Waals surface area contributed by atoms with Gasteiger partial charge in [0, 0.05) is 42.3 Å². The van der Waals surface area contributed by atoms with Crippen LogP contribution in [0, 0.1) is 17.0 Å². The molecule has 1 saturated heterocycles. The third-order valence-electron chi connectivity index (χ3n) is 5.33. The number of rotatable bonds is 4. The first-order valence-electron chi connectivity index (χ1n) is 9.64. The predicted octanol–water partition coefficient (Wildman–Crippen LogP) is 4.36. The van der Waals surface area contributed by atoms with Gasteiger partial charge in [-0.2, -0.15) is 5.10 Å². The number of halogens is 2. The van der Waals surface area contributed by atoms with Crippen LogP contribution >= 0.6 is 23.2 Å². The summed E-state index contributed by atoms with van der Waals surface area (Å²) in [5, 5.41) is 16.7. The van der Waals surface area contributed by atoms with Gasteiger partial charge in [-0.25, -0.2) is 4.68 Å². The normalized spacial score (nSPS) is 14.0. The molecule has 2 heterocycles. The monoisotopic (exact) mass is 459 g/mol. The number of anilines is 1. The standard InChI is InChI=1S/C21H19Cl2N5O3/c1-14-18(13-24-27(14)17-4-2-3-15(22)11-17)21(29)26-9-7-25(8-10-26)19-6-5-16(23)12-20(19)28(30)31/h2-6,11-13H,7-10H2,1H3. The summed E-state index contributed by atoms with van der Waals surface area (Å²) < 4.78 is 1.69. The average molecular weight is 460 g/mol. The molecule has 10 heteroatoms. The molecule has 31 heavy (non-hydrogen) atoms. The third-order valence-corrected chi connectivity index (χ3v) is 5.80. The Morgan fingerprint density at radius 3 is 2.45 bits per heavy atom. The van der Waals surface area contributed by atoms with E-state index in [0.717, 1.165) is 11.4 Å². The summed E-state index contributed by atoms with van der Waals surface area (Å²) in [5.41, 5.74) is 2.50. The highest BCUT2D eigenvalue weighted by Crippen LogP contribution is 2.32. The highest BCUT2D eigenvalue weighted by molar-refractivity contribution is 6.31. The fourth-order valence-corrected chi connectivity index (χ4v) is 4.07. The van der Waals surface area contributed by atoms with Crippen LogP contribution in [0.1, 0.15) is 16.1 Å². The van der Waals surface area contributed by atoms with Gasteiger partial charge >= 0.3 is 0 Å². The number of carbonyl (C=O) groups excluding carboxylic acids is 1. The summed E-state index contributed by atoms with van der Waals surface area (Å²) in [6, 6.07) is 11.9. The zero-order valence-corrected chi connectivity index (χ0v) is 18.2. The van der Waals surface area contributed by atoms with Gasteiger partial charge in [0.2, 0.25) is 0 Å². The summed E-state index contributed by atoms with van der Waals surface area (Å²) in [7, 11) is 0. The molecule has 0 unspecified atom stereocenters. The number of nitro benzene ring substituents is 1. The molecule has 0 radical (unpaired) electrons. The molecule has 1 aliphatic heterocycles. The van der Waals surface area contributed by atoms with Gasteiger partial charge in [0.05, 0.1) is 28.1 Å². The van der Waals surface area contributed by atoms with Crippen molar-refractivity contribution in [3.05, 3.63) is 80.1 Å². The lowest BCUT2D eigenvalue weighted by Crippen LogP contribution is -2.49. The largest absolute Gasteiger partial charge is 0.362 e. The minimum absolute atomic E-state index is 0.0362. The molecule has 160 valence electrons. The van der Waals surface area contributed by atoms with Crippen molar-refractivity contribution in [3.8, 4) is 5.69 Å². The summed E-state index contributed by atoms with van der Waals surface area (Å²) in [6.07, 6.45) is 1.56. The van der Waals surface area contributed by atoms with Gasteiger partial charge in [0.25, 0.3) is 11.6 Å². The van der Waals surface area contributed by atoms with Crippen LogP contribution in [0.25, 0.3) is 5.69 Å². The van der Waals surface area contributed by atoms with E-state index in [4.69, 9.17) is 23.2 Å². The van der Waals surface area contributed by atoms with Crippen molar-refractivity contribution in [2.75, 3.05) is 31.1 Å². The molecule has 0 aliphatic carbocycles. The van der Waals surface area contributed by atoms with Crippen molar-refractivity contribution >= 4 is 40.5 Å². The molecule has 1 aromatic heterocycles. The van der Waals surface area contributed by atoms with Crippen LogP contribution in [-0.2, 0) is 0 Å². The van der Waals surface area contributed by atoms with E-state index in [-0.39, 0.29) is 11.6 Å². The van der Waals surface area contributed by atoms with Crippen molar-refractivity contribution in [3.63, 3.8) is 0 Å². The van der Waals surface area contributed by atoms with Crippen LogP contribution < -0.4 is 4.90 Å². The molecule has 4 rings (SSSR count). The molecule has 0 bridgehead atoms. The van der Waals surface area contributed by atoms with Gasteiger partial charge in [-0.3, -0.25) is 14.9 Å². The van der Waals surface area contributed by atoms with Crippen LogP contribution in [0.5, 0.6) is 0 Å². The average Bonchev–Trinajstić information content (AvgIpc) is 3.14. The Kier molecular flexibility index (Phi) is 5.84. The Morgan fingerprint density at radius 2 is 1.77 bits per heavy atom. The number of amides is 1. The topological polar surface area (TPSA) is 84.5 Å². The van der Waals surface area contributed by atoms with E-state index in [0.29, 0.717) is 47.5 Å². The molecular formula is C21H19Cl2N5O3. The molecule has 3 aromatic rings. The lowest BCUT2D eigenvalue weighted by atomic mass is 10.2. The first-order valence-corrected chi connectivity index (χ1v) is 10.4. The summed E-state index contributed by atoms with van der Waals surface area (Å²) in [4.78, 5) is 27.7. The third kappa shape index (κ3) is 4.22. The predicted molar refractivity (Wildman–Crippen MR) is 120 cm³/mol. The van der Waals surface area contributed by atoms with E-state index in [1.165, 1.54) is 6.07 Å². The lowest BCUT2D eigenvalue weighted by Gasteiger charge is -2.35. The van der Waals surface area contributed by atoms with Crippen LogP contribution in [0.3, 0.4) is 0 Å². The number of carbonyl (C=O) groups is 1. The van der Waals surface area contributed by atoms with Crippen molar-refractivity contribution in [1.29, 1.82) is 0 Å². The second-order valence-electron chi connectivity index (χ2n) is 7.20. The zero-order chi connectivity index (χ0) is 22.1. The number of hydrogen-bond donors (Lipinski definition) is 0. The van der Waals surface area contributed by atoms with E-state index in [1.54, 1.807) is 40.0 Å². The molecular weight excluding hydrogens is 441 g/mol. The smallest absolute Gasteiger partial charge is 0.294 e. The van der Waals surface area contributed by atoms with Crippen molar-refractivity contribution in [2.24, 2.45) is 0 Å². The van der Waals surface area contributed by atoms with Gasteiger partial charge in [-0.05, 0) is 37.3 Å². The summed E-state index contributed by atoms with van der Waals surface area (Å²) in [5.74, 6) is -0.115. The molecule has 0 N–H and O–H groups in total. The molecule has 2 aromatic carbocycles. The van der Waals surface area contributed by atoms with Gasteiger partial charge in [0.15, 0.2) is 0 Å². The number of nitro groups is 1. The summed E-state index contributed by atoms with van der Waals surface area (Å²) in [6.45, 7) is 3.70. The molecule has 1 fully saturated rings. The van der Waals surface area contributed by atoms with E-state index >= 15 is 0 Å². The second kappa shape index (κ2) is 8.56. The van der Waals surface area contributed by atoms with Crippen LogP contribution in [0.15, 0.2) is 48.7 Å². The molecule has 0 spiro atoms. The SMILES string of the molecule is Cc1c(C(=O)N2CCN(c3ccc(Cl)cc3[N+](=O)[O-])CC2)cnn1-c1cccc(Cl)c1. The highest BCUT2D eigenvalue weighted by atomic mass is 35.5. The Hall–Kier alpha value is -3.10. The van der Waals surface area contributed by atoms with Crippen molar-refractivity contribution < 1.29 is 9.72 Å². The highest BCUT2D eigenvalue weighted by Gasteiger charge is 2.28.